The van der Waals surface area contributed by atoms with E-state index in [9.17, 15) is 18.7 Å². The van der Waals surface area contributed by atoms with E-state index in [1.807, 2.05) is 48.2 Å². The second-order valence-corrected chi connectivity index (χ2v) is 9.34. The molecule has 0 bridgehead atoms. The summed E-state index contributed by atoms with van der Waals surface area (Å²) in [5.41, 5.74) is -0.421. The van der Waals surface area contributed by atoms with Crippen LogP contribution in [0.1, 0.15) is 5.56 Å². The van der Waals surface area contributed by atoms with Crippen LogP contribution in [0.25, 0.3) is 0 Å². The van der Waals surface area contributed by atoms with E-state index < -0.39 is 17.2 Å². The highest BCUT2D eigenvalue weighted by Gasteiger charge is 2.37. The Morgan fingerprint density at radius 3 is 2.42 bits per heavy atom. The minimum absolute atomic E-state index is 0.0218. The number of rotatable bonds is 11. The number of methoxy groups -OCH3 is 1. The summed E-state index contributed by atoms with van der Waals surface area (Å²) in [7, 11) is 5.41. The fourth-order valence-electron chi connectivity index (χ4n) is 3.98. The molecule has 36 heavy (non-hydrogen) atoms. The maximum absolute atomic E-state index is 13.6. The van der Waals surface area contributed by atoms with Crippen LogP contribution in [-0.4, -0.2) is 105 Å². The number of benzene rings is 2. The number of nitrogens with zero attached hydrogens (tertiary/aromatic N) is 3. The van der Waals surface area contributed by atoms with Crippen LogP contribution in [0.3, 0.4) is 0 Å². The van der Waals surface area contributed by atoms with Crippen LogP contribution < -0.4 is 9.47 Å². The normalized spacial score (nSPS) is 18.8. The molecule has 1 heterocycles. The van der Waals surface area contributed by atoms with E-state index in [1.54, 1.807) is 4.90 Å². The SMILES string of the molecule is COCC(=O)N1CCN(Cc2ccc(OCCN(C)C)cc2)C[C@@](O)(COc2ccc(F)c(F)c2)C1. The minimum atomic E-state index is -1.44. The lowest BCUT2D eigenvalue weighted by atomic mass is 10.0. The fraction of sp³-hybridized carbons (Fsp3) is 0.500. The number of hydrogen-bond acceptors (Lipinski definition) is 7. The number of hydrogen-bond donors (Lipinski definition) is 1. The molecule has 198 valence electrons. The Balaban J connectivity index is 1.68. The number of carbonyl (C=O) groups is 1. The van der Waals surface area contributed by atoms with Gasteiger partial charge in [0.1, 0.15) is 36.9 Å². The van der Waals surface area contributed by atoms with Gasteiger partial charge in [0, 0.05) is 45.9 Å². The van der Waals surface area contributed by atoms with Crippen LogP contribution >= 0.6 is 0 Å². The molecule has 0 aliphatic carbocycles. The van der Waals surface area contributed by atoms with Crippen molar-refractivity contribution < 1.29 is 32.9 Å². The summed E-state index contributed by atoms with van der Waals surface area (Å²) in [5, 5.41) is 11.5. The third kappa shape index (κ3) is 8.41. The molecule has 1 amide bonds. The molecule has 0 unspecified atom stereocenters. The number of halogens is 2. The highest BCUT2D eigenvalue weighted by molar-refractivity contribution is 5.77. The monoisotopic (exact) mass is 507 g/mol. The van der Waals surface area contributed by atoms with Gasteiger partial charge in [0.25, 0.3) is 0 Å². The molecule has 2 aromatic carbocycles. The molecule has 10 heteroatoms. The molecule has 1 atom stereocenters. The maximum Gasteiger partial charge on any atom is 0.248 e. The number of amides is 1. The van der Waals surface area contributed by atoms with E-state index in [1.165, 1.54) is 13.2 Å². The summed E-state index contributed by atoms with van der Waals surface area (Å²) in [6.45, 7) is 2.82. The van der Waals surface area contributed by atoms with Crippen molar-refractivity contribution >= 4 is 5.91 Å². The quantitative estimate of drug-likeness (QED) is 0.499. The summed E-state index contributed by atoms with van der Waals surface area (Å²) >= 11 is 0. The van der Waals surface area contributed by atoms with Gasteiger partial charge in [-0.25, -0.2) is 8.78 Å². The molecule has 2 aromatic rings. The number of aliphatic hydroxyl groups is 1. The predicted octanol–water partition coefficient (Wildman–Crippen LogP) is 2.01. The van der Waals surface area contributed by atoms with Gasteiger partial charge >= 0.3 is 0 Å². The van der Waals surface area contributed by atoms with Gasteiger partial charge in [0.15, 0.2) is 11.6 Å². The molecule has 0 saturated carbocycles. The van der Waals surface area contributed by atoms with Crippen LogP contribution in [-0.2, 0) is 16.1 Å². The first kappa shape index (κ1) is 27.8. The summed E-state index contributed by atoms with van der Waals surface area (Å²) in [6.07, 6.45) is 0. The first-order valence-corrected chi connectivity index (χ1v) is 11.8. The largest absolute Gasteiger partial charge is 0.492 e. The summed E-state index contributed by atoms with van der Waals surface area (Å²) in [5.74, 6) is -1.38. The molecule has 1 fully saturated rings. The van der Waals surface area contributed by atoms with Crippen LogP contribution in [0.15, 0.2) is 42.5 Å². The number of likely N-dealkylation sites (N-methyl/N-ethyl adjacent to an activating group) is 1. The summed E-state index contributed by atoms with van der Waals surface area (Å²) in [4.78, 5) is 18.2. The Kier molecular flexibility index (Phi) is 10.0. The molecule has 8 nitrogen and oxygen atoms in total. The van der Waals surface area contributed by atoms with Crippen LogP contribution in [0.4, 0.5) is 8.78 Å². The summed E-state index contributed by atoms with van der Waals surface area (Å²) < 4.78 is 43.2. The third-order valence-electron chi connectivity index (χ3n) is 5.85. The molecule has 1 saturated heterocycles. The Hall–Kier alpha value is -2.79. The second kappa shape index (κ2) is 13.0. The highest BCUT2D eigenvalue weighted by Crippen LogP contribution is 2.22. The van der Waals surface area contributed by atoms with Crippen molar-refractivity contribution in [3.05, 3.63) is 59.7 Å². The van der Waals surface area contributed by atoms with Crippen molar-refractivity contribution in [3.8, 4) is 11.5 Å². The van der Waals surface area contributed by atoms with Crippen molar-refractivity contribution in [3.63, 3.8) is 0 Å². The van der Waals surface area contributed by atoms with Gasteiger partial charge in [-0.1, -0.05) is 12.1 Å². The van der Waals surface area contributed by atoms with Crippen molar-refractivity contribution in [1.29, 1.82) is 0 Å². The van der Waals surface area contributed by atoms with Gasteiger partial charge in [-0.15, -0.1) is 0 Å². The highest BCUT2D eigenvalue weighted by atomic mass is 19.2. The standard InChI is InChI=1S/C26H35F2N3O5/c1-29(2)12-13-35-21-6-4-20(5-7-21)15-30-10-11-31(25(32)16-34-3)18-26(33,17-30)19-36-22-8-9-23(27)24(28)14-22/h4-9,14,33H,10-13,15-19H2,1-3H3/t26-/m0/s1. The molecule has 0 spiro atoms. The van der Waals surface area contributed by atoms with Crippen LogP contribution in [0.5, 0.6) is 11.5 Å². The van der Waals surface area contributed by atoms with Gasteiger partial charge in [0.2, 0.25) is 5.91 Å². The van der Waals surface area contributed by atoms with Crippen LogP contribution in [0.2, 0.25) is 0 Å². The number of carbonyl (C=O) groups excluding carboxylic acids is 1. The van der Waals surface area contributed by atoms with E-state index in [0.717, 1.165) is 30.0 Å². The van der Waals surface area contributed by atoms with E-state index >= 15 is 0 Å². The molecule has 1 N–H and O–H groups in total. The van der Waals surface area contributed by atoms with Gasteiger partial charge < -0.3 is 29.1 Å². The van der Waals surface area contributed by atoms with Crippen LogP contribution in [0, 0.1) is 11.6 Å². The maximum atomic E-state index is 13.6. The topological polar surface area (TPSA) is 74.7 Å². The zero-order chi connectivity index (χ0) is 26.1. The van der Waals surface area contributed by atoms with Crippen molar-refractivity contribution in [2.75, 3.05) is 73.7 Å². The van der Waals surface area contributed by atoms with Crippen molar-refractivity contribution in [2.45, 2.75) is 12.1 Å². The van der Waals surface area contributed by atoms with Crippen molar-refractivity contribution in [2.24, 2.45) is 0 Å². The Morgan fingerprint density at radius 1 is 1.03 bits per heavy atom. The predicted molar refractivity (Wildman–Crippen MR) is 131 cm³/mol. The molecular weight excluding hydrogens is 472 g/mol. The smallest absolute Gasteiger partial charge is 0.248 e. The lowest BCUT2D eigenvalue weighted by Gasteiger charge is -2.33. The van der Waals surface area contributed by atoms with E-state index in [0.29, 0.717) is 26.2 Å². The van der Waals surface area contributed by atoms with Gasteiger partial charge in [0.05, 0.1) is 6.54 Å². The minimum Gasteiger partial charge on any atom is -0.492 e. The number of β-amino-alcohol motifs (C(OH)–C–C–N with tert-alkyl or cyclic N) is 1. The fourth-order valence-corrected chi connectivity index (χ4v) is 3.98. The molecule has 3 rings (SSSR count). The number of ether oxygens (including phenoxy) is 3. The molecule has 1 aliphatic heterocycles. The Morgan fingerprint density at radius 2 is 1.75 bits per heavy atom. The lowest BCUT2D eigenvalue weighted by Crippen LogP contribution is -2.52. The van der Waals surface area contributed by atoms with E-state index in [4.69, 9.17) is 14.2 Å². The zero-order valence-corrected chi connectivity index (χ0v) is 21.1. The Bertz CT molecular complexity index is 992. The Labute approximate surface area is 210 Å². The lowest BCUT2D eigenvalue weighted by molar-refractivity contribution is -0.138. The van der Waals surface area contributed by atoms with E-state index in [2.05, 4.69) is 0 Å². The van der Waals surface area contributed by atoms with E-state index in [-0.39, 0.29) is 38.0 Å². The summed E-state index contributed by atoms with van der Waals surface area (Å²) in [6, 6.07) is 11.0. The van der Waals surface area contributed by atoms with Gasteiger partial charge in [-0.3, -0.25) is 9.69 Å². The molecule has 1 aliphatic rings. The van der Waals surface area contributed by atoms with Gasteiger partial charge in [-0.05, 0) is 43.9 Å². The van der Waals surface area contributed by atoms with Crippen molar-refractivity contribution in [1.82, 2.24) is 14.7 Å². The molecule has 0 radical (unpaired) electrons. The van der Waals surface area contributed by atoms with Gasteiger partial charge in [-0.2, -0.15) is 0 Å². The third-order valence-corrected chi connectivity index (χ3v) is 5.85. The first-order chi connectivity index (χ1) is 17.2. The molecule has 0 aromatic heterocycles. The first-order valence-electron chi connectivity index (χ1n) is 11.8. The average Bonchev–Trinajstić information content (AvgIpc) is 3.00. The molecular formula is C26H35F2N3O5. The average molecular weight is 508 g/mol. The zero-order valence-electron chi connectivity index (χ0n) is 21.1. The second-order valence-electron chi connectivity index (χ2n) is 9.34.